The molecule has 0 radical (unpaired) electrons. The Morgan fingerprint density at radius 3 is 2.09 bits per heavy atom. The molecule has 0 N–H and O–H groups in total. The number of hydrogen-bond donors (Lipinski definition) is 0. The molecule has 248 valence electrons. The molecular formula is C38H46F2O6. The van der Waals surface area contributed by atoms with Gasteiger partial charge in [0.1, 0.15) is 17.7 Å². The van der Waals surface area contributed by atoms with Gasteiger partial charge in [-0.05, 0) is 112 Å². The Hall–Kier alpha value is -3.75. The Labute approximate surface area is 271 Å². The van der Waals surface area contributed by atoms with E-state index in [0.29, 0.717) is 57.0 Å². The summed E-state index contributed by atoms with van der Waals surface area (Å²) >= 11 is 0. The van der Waals surface area contributed by atoms with E-state index in [1.54, 1.807) is 18.2 Å². The highest BCUT2D eigenvalue weighted by atomic mass is 19.1. The minimum atomic E-state index is -0.707. The Balaban J connectivity index is 1.14. The molecule has 0 bridgehead atoms. The van der Waals surface area contributed by atoms with Crippen molar-refractivity contribution in [2.24, 2.45) is 0 Å². The molecule has 3 aromatic carbocycles. The molecule has 4 rings (SSSR count). The first-order valence-electron chi connectivity index (χ1n) is 16.4. The van der Waals surface area contributed by atoms with E-state index in [0.717, 1.165) is 50.7 Å². The second-order valence-corrected chi connectivity index (χ2v) is 11.6. The molecule has 46 heavy (non-hydrogen) atoms. The van der Waals surface area contributed by atoms with Gasteiger partial charge < -0.3 is 23.7 Å². The largest absolute Gasteiger partial charge is 0.494 e. The van der Waals surface area contributed by atoms with Gasteiger partial charge in [0.2, 0.25) is 0 Å². The van der Waals surface area contributed by atoms with Crippen molar-refractivity contribution in [2.75, 3.05) is 33.0 Å². The predicted octanol–water partition coefficient (Wildman–Crippen LogP) is 9.04. The molecule has 1 fully saturated rings. The van der Waals surface area contributed by atoms with E-state index in [9.17, 15) is 13.6 Å². The number of aryl methyl sites for hydroxylation is 1. The van der Waals surface area contributed by atoms with Crippen LogP contribution in [-0.4, -0.2) is 51.2 Å². The first-order chi connectivity index (χ1) is 22.4. The zero-order chi connectivity index (χ0) is 32.6. The summed E-state index contributed by atoms with van der Waals surface area (Å²) in [5, 5.41) is 0. The molecule has 0 atom stereocenters. The van der Waals surface area contributed by atoms with Gasteiger partial charge in [0, 0.05) is 0 Å². The Morgan fingerprint density at radius 2 is 1.41 bits per heavy atom. The molecule has 8 heteroatoms. The van der Waals surface area contributed by atoms with Crippen LogP contribution in [0.4, 0.5) is 8.78 Å². The average molecular weight is 637 g/mol. The summed E-state index contributed by atoms with van der Waals surface area (Å²) in [6.07, 6.45) is 8.98. The second kappa shape index (κ2) is 19.0. The first kappa shape index (κ1) is 35.1. The Bertz CT molecular complexity index is 1370. The van der Waals surface area contributed by atoms with Crippen molar-refractivity contribution >= 4 is 5.97 Å². The fraction of sp³-hybridized carbons (Fsp3) is 0.447. The van der Waals surface area contributed by atoms with Crippen molar-refractivity contribution in [1.29, 1.82) is 0 Å². The summed E-state index contributed by atoms with van der Waals surface area (Å²) in [5.41, 5.74) is 2.01. The van der Waals surface area contributed by atoms with Crippen LogP contribution in [0.25, 0.3) is 11.1 Å². The lowest BCUT2D eigenvalue weighted by atomic mass is 9.95. The lowest BCUT2D eigenvalue weighted by Crippen LogP contribution is -2.29. The fourth-order valence-electron chi connectivity index (χ4n) is 5.30. The van der Waals surface area contributed by atoms with E-state index in [-0.39, 0.29) is 23.5 Å². The third-order valence-corrected chi connectivity index (χ3v) is 7.98. The lowest BCUT2D eigenvalue weighted by Gasteiger charge is -2.28. The third-order valence-electron chi connectivity index (χ3n) is 7.98. The molecule has 1 aliphatic rings. The summed E-state index contributed by atoms with van der Waals surface area (Å²) < 4.78 is 58.1. The maximum absolute atomic E-state index is 15.0. The lowest BCUT2D eigenvalue weighted by molar-refractivity contribution is -0.0358. The summed E-state index contributed by atoms with van der Waals surface area (Å²) in [5.74, 6) is -0.891. The van der Waals surface area contributed by atoms with E-state index < -0.39 is 17.6 Å². The number of carbonyl (C=O) groups is 1. The van der Waals surface area contributed by atoms with Crippen LogP contribution in [0.15, 0.2) is 73.3 Å². The minimum absolute atomic E-state index is 0.103. The van der Waals surface area contributed by atoms with Gasteiger partial charge in [-0.25, -0.2) is 13.6 Å². The van der Waals surface area contributed by atoms with Gasteiger partial charge in [-0.2, -0.15) is 0 Å². The zero-order valence-corrected chi connectivity index (χ0v) is 26.8. The van der Waals surface area contributed by atoms with E-state index in [1.165, 1.54) is 23.8 Å². The first-order valence-corrected chi connectivity index (χ1v) is 16.4. The number of esters is 1. The minimum Gasteiger partial charge on any atom is -0.494 e. The van der Waals surface area contributed by atoms with E-state index >= 15 is 0 Å². The third kappa shape index (κ3) is 11.6. The highest BCUT2D eigenvalue weighted by molar-refractivity contribution is 5.90. The standard InChI is InChI=1S/C38H46F2O6/c1-3-4-21-42-24-25-44-32-15-17-33(18-16-32)46-38(41)34-19-11-29(26-35(34)39)30-12-20-37(36(40)27-30)45-23-8-6-5-7-22-43-31-13-9-28(2)10-14-31/h3,9-14,19-20,26-27,32-33H,1,4-8,15-18,21-25H2,2H3. The average Bonchev–Trinajstić information content (AvgIpc) is 3.06. The van der Waals surface area contributed by atoms with Crippen LogP contribution in [0.3, 0.4) is 0 Å². The van der Waals surface area contributed by atoms with E-state index in [1.807, 2.05) is 37.3 Å². The predicted molar refractivity (Wildman–Crippen MR) is 175 cm³/mol. The fourth-order valence-corrected chi connectivity index (χ4v) is 5.30. The number of ether oxygens (including phenoxy) is 5. The van der Waals surface area contributed by atoms with Crippen molar-refractivity contribution in [3.8, 4) is 22.6 Å². The van der Waals surface area contributed by atoms with Crippen LogP contribution in [0.2, 0.25) is 0 Å². The van der Waals surface area contributed by atoms with Crippen molar-refractivity contribution in [1.82, 2.24) is 0 Å². The number of halogens is 2. The molecule has 0 spiro atoms. The summed E-state index contributed by atoms with van der Waals surface area (Å²) in [7, 11) is 0. The molecule has 1 aliphatic carbocycles. The van der Waals surface area contributed by atoms with Crippen molar-refractivity contribution in [2.45, 2.75) is 76.9 Å². The van der Waals surface area contributed by atoms with Crippen LogP contribution in [0, 0.1) is 18.6 Å². The molecule has 6 nitrogen and oxygen atoms in total. The van der Waals surface area contributed by atoms with Crippen LogP contribution in [-0.2, 0) is 14.2 Å². The number of rotatable bonds is 19. The van der Waals surface area contributed by atoms with E-state index in [4.69, 9.17) is 23.7 Å². The molecule has 0 saturated heterocycles. The topological polar surface area (TPSA) is 63.2 Å². The maximum atomic E-state index is 15.0. The van der Waals surface area contributed by atoms with E-state index in [2.05, 4.69) is 6.58 Å². The second-order valence-electron chi connectivity index (χ2n) is 11.6. The number of hydrogen-bond acceptors (Lipinski definition) is 6. The molecule has 0 heterocycles. The summed E-state index contributed by atoms with van der Waals surface area (Å²) in [6.45, 7) is 8.47. The number of carbonyl (C=O) groups excluding carboxylic acids is 1. The summed E-state index contributed by atoms with van der Waals surface area (Å²) in [4.78, 5) is 12.7. The molecule has 0 aliphatic heterocycles. The van der Waals surface area contributed by atoms with Crippen LogP contribution < -0.4 is 9.47 Å². The van der Waals surface area contributed by atoms with Gasteiger partial charge in [-0.15, -0.1) is 6.58 Å². The Kier molecular flexibility index (Phi) is 14.5. The van der Waals surface area contributed by atoms with Crippen LogP contribution in [0.5, 0.6) is 11.5 Å². The van der Waals surface area contributed by atoms with Gasteiger partial charge in [-0.3, -0.25) is 0 Å². The normalized spacial score (nSPS) is 16.2. The zero-order valence-electron chi connectivity index (χ0n) is 26.8. The van der Waals surface area contributed by atoms with Crippen molar-refractivity contribution in [3.63, 3.8) is 0 Å². The van der Waals surface area contributed by atoms with Gasteiger partial charge >= 0.3 is 5.97 Å². The van der Waals surface area contributed by atoms with Gasteiger partial charge in [0.05, 0.1) is 44.7 Å². The summed E-state index contributed by atoms with van der Waals surface area (Å²) in [6, 6.07) is 16.8. The number of benzene rings is 3. The monoisotopic (exact) mass is 636 g/mol. The maximum Gasteiger partial charge on any atom is 0.341 e. The van der Waals surface area contributed by atoms with Crippen LogP contribution >= 0.6 is 0 Å². The molecular weight excluding hydrogens is 590 g/mol. The van der Waals surface area contributed by atoms with Gasteiger partial charge in [0.15, 0.2) is 11.6 Å². The smallest absolute Gasteiger partial charge is 0.341 e. The molecule has 1 saturated carbocycles. The van der Waals surface area contributed by atoms with Crippen molar-refractivity contribution < 1.29 is 37.3 Å². The van der Waals surface area contributed by atoms with Crippen molar-refractivity contribution in [3.05, 3.63) is 96.1 Å². The molecule has 0 amide bonds. The number of unbranched alkanes of at least 4 members (excludes halogenated alkanes) is 3. The van der Waals surface area contributed by atoms with Crippen LogP contribution in [0.1, 0.15) is 73.7 Å². The van der Waals surface area contributed by atoms with Gasteiger partial charge in [0.25, 0.3) is 0 Å². The Morgan fingerprint density at radius 1 is 0.761 bits per heavy atom. The quantitative estimate of drug-likeness (QED) is 0.0743. The highest BCUT2D eigenvalue weighted by Gasteiger charge is 2.26. The molecule has 3 aromatic rings. The SMILES string of the molecule is C=CCCOCCOC1CCC(OC(=O)c2ccc(-c3ccc(OCCCCCCOc4ccc(C)cc4)c(F)c3)cc2F)CC1. The highest BCUT2D eigenvalue weighted by Crippen LogP contribution is 2.29. The molecule has 0 aromatic heterocycles. The van der Waals surface area contributed by atoms with Gasteiger partial charge in [-0.1, -0.05) is 35.9 Å². The molecule has 0 unspecified atom stereocenters.